The Balaban J connectivity index is 3.22. The number of hydrogen-bond donors (Lipinski definition) is 1. The Morgan fingerprint density at radius 2 is 2.13 bits per heavy atom. The van der Waals surface area contributed by atoms with Gasteiger partial charge in [0.05, 0.1) is 16.0 Å². The van der Waals surface area contributed by atoms with Crippen LogP contribution in [0.5, 0.6) is 0 Å². The zero-order chi connectivity index (χ0) is 11.6. The van der Waals surface area contributed by atoms with E-state index in [9.17, 15) is 14.5 Å². The number of halogens is 2. The highest BCUT2D eigenvalue weighted by atomic mass is 35.5. The van der Waals surface area contributed by atoms with Gasteiger partial charge in [0.25, 0.3) is 5.69 Å². The predicted octanol–water partition coefficient (Wildman–Crippen LogP) is 2.28. The van der Waals surface area contributed by atoms with Gasteiger partial charge in [-0.3, -0.25) is 10.1 Å². The summed E-state index contributed by atoms with van der Waals surface area (Å²) in [6.45, 7) is 0. The molecule has 1 aromatic carbocycles. The van der Waals surface area contributed by atoms with Gasteiger partial charge in [0.15, 0.2) is 0 Å². The lowest BCUT2D eigenvalue weighted by Crippen LogP contribution is -2.20. The summed E-state index contributed by atoms with van der Waals surface area (Å²) in [4.78, 5) is 9.93. The maximum Gasteiger partial charge on any atom is 0.296 e. The average molecular weight is 234 g/mol. The normalized spacial score (nSPS) is 10.5. The van der Waals surface area contributed by atoms with Crippen LogP contribution < -0.4 is 5.43 Å². The third kappa shape index (κ3) is 2.77. The van der Waals surface area contributed by atoms with Crippen molar-refractivity contribution in [3.05, 3.63) is 33.1 Å². The molecule has 0 aliphatic heterocycles. The maximum absolute atomic E-state index is 13.0. The van der Waals surface area contributed by atoms with E-state index in [1.807, 2.05) is 0 Å². The molecule has 1 aromatic rings. The van der Waals surface area contributed by atoms with E-state index in [2.05, 4.69) is 5.43 Å². The first-order valence-electron chi connectivity index (χ1n) is 3.99. The zero-order valence-electron chi connectivity index (χ0n) is 8.12. The second-order valence-corrected chi connectivity index (χ2v) is 3.45. The van der Waals surface area contributed by atoms with Crippen molar-refractivity contribution in [3.63, 3.8) is 0 Å². The number of hydrazine groups is 1. The summed E-state index contributed by atoms with van der Waals surface area (Å²) in [7, 11) is 3.31. The molecule has 1 N–H and O–H groups in total. The molecule has 7 heteroatoms. The fourth-order valence-electron chi connectivity index (χ4n) is 1.02. The van der Waals surface area contributed by atoms with Gasteiger partial charge in [0.1, 0.15) is 11.5 Å². The van der Waals surface area contributed by atoms with Gasteiger partial charge >= 0.3 is 0 Å². The second kappa shape index (κ2) is 4.41. The van der Waals surface area contributed by atoms with E-state index >= 15 is 0 Å². The molecule has 5 nitrogen and oxygen atoms in total. The van der Waals surface area contributed by atoms with E-state index in [4.69, 9.17) is 11.6 Å². The van der Waals surface area contributed by atoms with Gasteiger partial charge in [-0.05, 0) is 6.07 Å². The van der Waals surface area contributed by atoms with Crippen molar-refractivity contribution in [2.45, 2.75) is 0 Å². The molecule has 0 bridgehead atoms. The molecule has 0 spiro atoms. The highest BCUT2D eigenvalue weighted by Crippen LogP contribution is 2.30. The minimum atomic E-state index is -0.812. The third-order valence-corrected chi connectivity index (χ3v) is 1.87. The number of benzene rings is 1. The Hall–Kier alpha value is -1.40. The lowest BCUT2D eigenvalue weighted by Gasteiger charge is -2.13. The van der Waals surface area contributed by atoms with Crippen molar-refractivity contribution in [3.8, 4) is 0 Å². The fourth-order valence-corrected chi connectivity index (χ4v) is 1.18. The quantitative estimate of drug-likeness (QED) is 0.643. The SMILES string of the molecule is CN(C)Nc1cc(Cl)c(F)cc1[N+](=O)[O-]. The van der Waals surface area contributed by atoms with Crippen molar-refractivity contribution in [1.29, 1.82) is 0 Å². The Kier molecular flexibility index (Phi) is 3.43. The molecular weight excluding hydrogens is 225 g/mol. The van der Waals surface area contributed by atoms with Crippen LogP contribution in [0.4, 0.5) is 15.8 Å². The number of anilines is 1. The molecule has 82 valence electrons. The van der Waals surface area contributed by atoms with Crippen LogP contribution >= 0.6 is 11.6 Å². The van der Waals surface area contributed by atoms with Crippen molar-refractivity contribution in [2.75, 3.05) is 19.5 Å². The minimum absolute atomic E-state index is 0.149. The Labute approximate surface area is 90.6 Å². The van der Waals surface area contributed by atoms with Crippen molar-refractivity contribution < 1.29 is 9.31 Å². The largest absolute Gasteiger partial charge is 0.313 e. The highest BCUT2D eigenvalue weighted by Gasteiger charge is 2.17. The Bertz CT molecular complexity index is 398. The molecule has 0 radical (unpaired) electrons. The van der Waals surface area contributed by atoms with Crippen LogP contribution in [0, 0.1) is 15.9 Å². The molecule has 0 saturated heterocycles. The molecule has 0 amide bonds. The summed E-state index contributed by atoms with van der Waals surface area (Å²) in [5.41, 5.74) is 2.46. The lowest BCUT2D eigenvalue weighted by molar-refractivity contribution is -0.384. The summed E-state index contributed by atoms with van der Waals surface area (Å²) in [6, 6.07) is 1.96. The highest BCUT2D eigenvalue weighted by molar-refractivity contribution is 6.31. The van der Waals surface area contributed by atoms with Gasteiger partial charge in [0, 0.05) is 14.1 Å². The van der Waals surface area contributed by atoms with Gasteiger partial charge in [-0.15, -0.1) is 0 Å². The molecule has 0 atom stereocenters. The average Bonchev–Trinajstić information content (AvgIpc) is 2.09. The fraction of sp³-hybridized carbons (Fsp3) is 0.250. The van der Waals surface area contributed by atoms with E-state index in [-0.39, 0.29) is 16.4 Å². The van der Waals surface area contributed by atoms with E-state index in [1.54, 1.807) is 14.1 Å². The summed E-state index contributed by atoms with van der Waals surface area (Å²) in [5, 5.41) is 11.9. The molecular formula is C8H9ClFN3O2. The zero-order valence-corrected chi connectivity index (χ0v) is 8.88. The molecule has 0 aromatic heterocycles. The number of hydrogen-bond acceptors (Lipinski definition) is 4. The summed E-state index contributed by atoms with van der Waals surface area (Å²) in [5.74, 6) is -0.812. The van der Waals surface area contributed by atoms with E-state index in [0.717, 1.165) is 6.07 Å². The first-order valence-corrected chi connectivity index (χ1v) is 4.37. The summed E-state index contributed by atoms with van der Waals surface area (Å²) >= 11 is 5.52. The molecule has 0 saturated carbocycles. The van der Waals surface area contributed by atoms with Gasteiger partial charge in [-0.2, -0.15) is 0 Å². The Morgan fingerprint density at radius 1 is 1.53 bits per heavy atom. The van der Waals surface area contributed by atoms with Crippen LogP contribution in [-0.4, -0.2) is 24.0 Å². The van der Waals surface area contributed by atoms with Crippen molar-refractivity contribution in [1.82, 2.24) is 5.01 Å². The monoisotopic (exact) mass is 233 g/mol. The van der Waals surface area contributed by atoms with Crippen LogP contribution in [0.15, 0.2) is 12.1 Å². The first-order chi connectivity index (χ1) is 6.91. The summed E-state index contributed by atoms with van der Waals surface area (Å²) in [6.07, 6.45) is 0. The summed E-state index contributed by atoms with van der Waals surface area (Å²) < 4.78 is 13.0. The number of nitrogens with zero attached hydrogens (tertiary/aromatic N) is 2. The third-order valence-electron chi connectivity index (χ3n) is 1.58. The molecule has 0 unspecified atom stereocenters. The van der Waals surface area contributed by atoms with Crippen LogP contribution in [0.1, 0.15) is 0 Å². The van der Waals surface area contributed by atoms with Crippen molar-refractivity contribution >= 4 is 23.0 Å². The number of nitro groups is 1. The predicted molar refractivity (Wildman–Crippen MR) is 55.4 cm³/mol. The standard InChI is InChI=1S/C8H9ClFN3O2/c1-12(2)11-7-3-5(9)6(10)4-8(7)13(14)15/h3-4,11H,1-2H3. The number of nitro benzene ring substituents is 1. The lowest BCUT2D eigenvalue weighted by atomic mass is 10.2. The van der Waals surface area contributed by atoms with Gasteiger partial charge < -0.3 is 5.43 Å². The first kappa shape index (κ1) is 11.7. The molecule has 0 aliphatic rings. The van der Waals surface area contributed by atoms with E-state index in [1.165, 1.54) is 11.1 Å². The molecule has 1 rings (SSSR count). The van der Waals surface area contributed by atoms with Gasteiger partial charge in [-0.1, -0.05) is 11.6 Å². The molecule has 0 aliphatic carbocycles. The smallest absolute Gasteiger partial charge is 0.296 e. The minimum Gasteiger partial charge on any atom is -0.313 e. The maximum atomic E-state index is 13.0. The van der Waals surface area contributed by atoms with Gasteiger partial charge in [0.2, 0.25) is 0 Å². The topological polar surface area (TPSA) is 58.4 Å². The van der Waals surface area contributed by atoms with Crippen LogP contribution in [0.3, 0.4) is 0 Å². The van der Waals surface area contributed by atoms with Crippen LogP contribution in [0.2, 0.25) is 5.02 Å². The second-order valence-electron chi connectivity index (χ2n) is 3.05. The molecule has 15 heavy (non-hydrogen) atoms. The van der Waals surface area contributed by atoms with Crippen molar-refractivity contribution in [2.24, 2.45) is 0 Å². The number of rotatable bonds is 3. The van der Waals surface area contributed by atoms with E-state index < -0.39 is 10.7 Å². The molecule has 0 fully saturated rings. The van der Waals surface area contributed by atoms with Crippen LogP contribution in [0.25, 0.3) is 0 Å². The van der Waals surface area contributed by atoms with E-state index in [0.29, 0.717) is 0 Å². The van der Waals surface area contributed by atoms with Crippen LogP contribution in [-0.2, 0) is 0 Å². The molecule has 0 heterocycles. The Morgan fingerprint density at radius 3 is 2.60 bits per heavy atom. The van der Waals surface area contributed by atoms with Gasteiger partial charge in [-0.25, -0.2) is 9.40 Å². The number of nitrogens with one attached hydrogen (secondary N) is 1.